The van der Waals surface area contributed by atoms with Crippen molar-refractivity contribution in [2.24, 2.45) is 5.92 Å². The lowest BCUT2D eigenvalue weighted by Crippen LogP contribution is -2.45. The zero-order valence-corrected chi connectivity index (χ0v) is 26.1. The van der Waals surface area contributed by atoms with E-state index in [1.807, 2.05) is 13.0 Å². The van der Waals surface area contributed by atoms with Gasteiger partial charge >= 0.3 is 0 Å². The molecule has 2 aromatic carbocycles. The molecule has 2 fully saturated rings. The van der Waals surface area contributed by atoms with Gasteiger partial charge in [0.15, 0.2) is 9.84 Å². The number of likely N-dealkylation sites (tertiary alicyclic amines) is 2. The molecule has 2 aliphatic heterocycles. The molecule has 0 radical (unpaired) electrons. The van der Waals surface area contributed by atoms with Gasteiger partial charge in [0.25, 0.3) is 0 Å². The van der Waals surface area contributed by atoms with E-state index in [0.29, 0.717) is 91.4 Å². The van der Waals surface area contributed by atoms with Crippen LogP contribution in [-0.2, 0) is 19.4 Å². The highest BCUT2D eigenvalue weighted by Crippen LogP contribution is 2.30. The first-order valence-corrected chi connectivity index (χ1v) is 16.6. The Morgan fingerprint density at radius 2 is 1.61 bits per heavy atom. The van der Waals surface area contributed by atoms with Gasteiger partial charge in [-0.05, 0) is 101 Å². The first-order chi connectivity index (χ1) is 19.6. The number of nitrogens with zero attached hydrogens (tertiary/aromatic N) is 3. The smallest absolute Gasteiger partial charge is 0.230 e. The Kier molecular flexibility index (Phi) is 11.0. The monoisotopic (exact) mass is 623 g/mol. The van der Waals surface area contributed by atoms with Crippen molar-refractivity contribution in [2.75, 3.05) is 50.8 Å². The Bertz CT molecular complexity index is 1310. The van der Waals surface area contributed by atoms with E-state index in [4.69, 9.17) is 27.9 Å². The summed E-state index contributed by atoms with van der Waals surface area (Å²) in [7, 11) is -3.41. The third kappa shape index (κ3) is 7.95. The fourth-order valence-corrected chi connectivity index (χ4v) is 7.69. The summed E-state index contributed by atoms with van der Waals surface area (Å²) in [6.45, 7) is 7.77. The summed E-state index contributed by atoms with van der Waals surface area (Å²) in [6.07, 6.45) is 3.13. The molecule has 11 heteroatoms. The van der Waals surface area contributed by atoms with E-state index in [2.05, 4.69) is 4.90 Å². The van der Waals surface area contributed by atoms with Crippen molar-refractivity contribution in [2.45, 2.75) is 56.1 Å². The van der Waals surface area contributed by atoms with E-state index >= 15 is 0 Å². The highest BCUT2D eigenvalue weighted by molar-refractivity contribution is 7.92. The predicted molar refractivity (Wildman–Crippen MR) is 163 cm³/mol. The molecule has 2 saturated heterocycles. The standard InChI is InChI=1S/C30H39Cl2N3O5S/c1-3-40-25-6-8-26(9-7-25)41(38,39)27-13-17-33(18-14-27)15-4-16-35(24-5-10-28(31)29(32)21-24)30(37)23-11-19-34(20-12-23)22(2)36/h5-10,21,23,27H,3-4,11-20H2,1-2H3. The van der Waals surface area contributed by atoms with Crippen LogP contribution in [0, 0.1) is 5.92 Å². The molecule has 0 spiro atoms. The maximum absolute atomic E-state index is 13.7. The maximum Gasteiger partial charge on any atom is 0.230 e. The molecule has 41 heavy (non-hydrogen) atoms. The van der Waals surface area contributed by atoms with E-state index in [1.165, 1.54) is 0 Å². The normalized spacial score (nSPS) is 17.4. The van der Waals surface area contributed by atoms with Crippen LogP contribution in [0.4, 0.5) is 5.69 Å². The molecular formula is C30H39Cl2N3O5S. The molecule has 0 aliphatic carbocycles. The van der Waals surface area contributed by atoms with Crippen LogP contribution in [0.2, 0.25) is 10.0 Å². The van der Waals surface area contributed by atoms with Crippen LogP contribution in [0.15, 0.2) is 47.4 Å². The third-order valence-electron chi connectivity index (χ3n) is 8.06. The van der Waals surface area contributed by atoms with Gasteiger partial charge in [-0.15, -0.1) is 0 Å². The molecule has 0 bridgehead atoms. The van der Waals surface area contributed by atoms with Crippen LogP contribution in [-0.4, -0.2) is 81.2 Å². The number of ether oxygens (including phenoxy) is 1. The van der Waals surface area contributed by atoms with Gasteiger partial charge < -0.3 is 19.4 Å². The quantitative estimate of drug-likeness (QED) is 0.356. The second-order valence-corrected chi connectivity index (χ2v) is 13.8. The number of hydrogen-bond donors (Lipinski definition) is 0. The summed E-state index contributed by atoms with van der Waals surface area (Å²) in [6, 6.07) is 11.9. The lowest BCUT2D eigenvalue weighted by molar-refractivity contribution is -0.133. The summed E-state index contributed by atoms with van der Waals surface area (Å²) in [5.74, 6) is 0.569. The first-order valence-electron chi connectivity index (χ1n) is 14.3. The number of hydrogen-bond acceptors (Lipinski definition) is 6. The molecule has 2 aromatic rings. The van der Waals surface area contributed by atoms with Gasteiger partial charge in [-0.1, -0.05) is 23.2 Å². The van der Waals surface area contributed by atoms with E-state index in [-0.39, 0.29) is 17.7 Å². The Hall–Kier alpha value is -2.33. The lowest BCUT2D eigenvalue weighted by Gasteiger charge is -2.35. The van der Waals surface area contributed by atoms with Gasteiger partial charge in [-0.3, -0.25) is 9.59 Å². The summed E-state index contributed by atoms with van der Waals surface area (Å²) in [5, 5.41) is 0.414. The van der Waals surface area contributed by atoms with Crippen LogP contribution in [0.5, 0.6) is 5.75 Å². The predicted octanol–water partition coefficient (Wildman–Crippen LogP) is 5.31. The average Bonchev–Trinajstić information content (AvgIpc) is 2.97. The Labute approximate surface area is 253 Å². The van der Waals surface area contributed by atoms with Gasteiger partial charge in [0, 0.05) is 38.2 Å². The minimum Gasteiger partial charge on any atom is -0.494 e. The van der Waals surface area contributed by atoms with Crippen LogP contribution >= 0.6 is 23.2 Å². The third-order valence-corrected chi connectivity index (χ3v) is 11.1. The zero-order valence-electron chi connectivity index (χ0n) is 23.7. The van der Waals surface area contributed by atoms with E-state index in [0.717, 1.165) is 13.0 Å². The summed E-state index contributed by atoms with van der Waals surface area (Å²) in [4.78, 5) is 31.6. The molecule has 224 valence electrons. The van der Waals surface area contributed by atoms with E-state index in [9.17, 15) is 18.0 Å². The number of carbonyl (C=O) groups is 2. The van der Waals surface area contributed by atoms with Crippen molar-refractivity contribution < 1.29 is 22.7 Å². The summed E-state index contributed by atoms with van der Waals surface area (Å²) >= 11 is 12.4. The topological polar surface area (TPSA) is 87.2 Å². The maximum atomic E-state index is 13.7. The minimum absolute atomic E-state index is 0.0340. The number of anilines is 1. The molecule has 8 nitrogen and oxygen atoms in total. The second kappa shape index (κ2) is 14.2. The highest BCUT2D eigenvalue weighted by Gasteiger charge is 2.32. The lowest BCUT2D eigenvalue weighted by atomic mass is 9.94. The molecule has 4 rings (SSSR count). The van der Waals surface area contributed by atoms with Gasteiger partial charge in [-0.2, -0.15) is 0 Å². The summed E-state index contributed by atoms with van der Waals surface area (Å²) < 4.78 is 31.9. The first kappa shape index (κ1) is 31.6. The Morgan fingerprint density at radius 1 is 0.951 bits per heavy atom. The highest BCUT2D eigenvalue weighted by atomic mass is 35.5. The van der Waals surface area contributed by atoms with E-state index < -0.39 is 15.1 Å². The van der Waals surface area contributed by atoms with Gasteiger partial charge in [0.1, 0.15) is 5.75 Å². The number of piperidine rings is 2. The molecule has 2 amide bonds. The van der Waals surface area contributed by atoms with Crippen molar-refractivity contribution in [3.63, 3.8) is 0 Å². The summed E-state index contributed by atoms with van der Waals surface area (Å²) in [5.41, 5.74) is 0.707. The molecule has 0 atom stereocenters. The SMILES string of the molecule is CCOc1ccc(S(=O)(=O)C2CCN(CCCN(C(=O)C3CCN(C(C)=O)CC3)c3ccc(Cl)c(Cl)c3)CC2)cc1. The van der Waals surface area contributed by atoms with Gasteiger partial charge in [-0.25, -0.2) is 8.42 Å². The minimum atomic E-state index is -3.41. The molecule has 2 heterocycles. The molecule has 0 saturated carbocycles. The van der Waals surface area contributed by atoms with Crippen LogP contribution in [0.1, 0.15) is 46.0 Å². The van der Waals surface area contributed by atoms with Crippen molar-refractivity contribution in [1.82, 2.24) is 9.80 Å². The molecule has 0 unspecified atom stereocenters. The molecule has 0 N–H and O–H groups in total. The van der Waals surface area contributed by atoms with Crippen molar-refractivity contribution >= 4 is 50.5 Å². The number of amides is 2. The largest absolute Gasteiger partial charge is 0.494 e. The number of sulfone groups is 1. The molecule has 0 aromatic heterocycles. The van der Waals surface area contributed by atoms with Crippen molar-refractivity contribution in [3.05, 3.63) is 52.5 Å². The number of carbonyl (C=O) groups excluding carboxylic acids is 2. The molecule has 2 aliphatic rings. The van der Waals surface area contributed by atoms with E-state index in [1.54, 1.807) is 53.1 Å². The van der Waals surface area contributed by atoms with Crippen LogP contribution < -0.4 is 9.64 Å². The Morgan fingerprint density at radius 3 is 2.20 bits per heavy atom. The van der Waals surface area contributed by atoms with Gasteiger partial charge in [0.2, 0.25) is 11.8 Å². The Balaban J connectivity index is 1.34. The molecular weight excluding hydrogens is 585 g/mol. The number of halogens is 2. The second-order valence-electron chi connectivity index (χ2n) is 10.7. The number of benzene rings is 2. The van der Waals surface area contributed by atoms with Crippen molar-refractivity contribution in [1.29, 1.82) is 0 Å². The van der Waals surface area contributed by atoms with Crippen LogP contribution in [0.3, 0.4) is 0 Å². The average molecular weight is 625 g/mol. The van der Waals surface area contributed by atoms with Crippen LogP contribution in [0.25, 0.3) is 0 Å². The fourth-order valence-electron chi connectivity index (χ4n) is 5.66. The van der Waals surface area contributed by atoms with Crippen molar-refractivity contribution in [3.8, 4) is 5.75 Å². The zero-order chi connectivity index (χ0) is 29.6. The number of rotatable bonds is 10. The van der Waals surface area contributed by atoms with Gasteiger partial charge in [0.05, 0.1) is 26.8 Å². The fraction of sp³-hybridized carbons (Fsp3) is 0.533.